The van der Waals surface area contributed by atoms with Crippen molar-refractivity contribution in [3.8, 4) is 0 Å². The largest absolute Gasteiger partial charge is 0.454 e. The summed E-state index contributed by atoms with van der Waals surface area (Å²) in [6.45, 7) is 1.95. The smallest absolute Gasteiger partial charge is 0.300 e. The van der Waals surface area contributed by atoms with Gasteiger partial charge in [-0.1, -0.05) is 0 Å². The number of nitrogens with one attached hydrogen (secondary N) is 1. The standard InChI is InChI=1S/C11H12N4O3/c1-7-2-5-10(16)15(14-7)6-8-3-4-9(18-8)11(17)13-12/h2-5H,6,12H2,1H3,(H,13,17). The number of nitrogen functional groups attached to an aromatic ring is 1. The molecular weight excluding hydrogens is 236 g/mol. The van der Waals surface area contributed by atoms with E-state index in [1.807, 2.05) is 5.43 Å². The van der Waals surface area contributed by atoms with Gasteiger partial charge in [-0.2, -0.15) is 5.10 Å². The van der Waals surface area contributed by atoms with Crippen LogP contribution in [0.4, 0.5) is 0 Å². The highest BCUT2D eigenvalue weighted by molar-refractivity contribution is 5.90. The summed E-state index contributed by atoms with van der Waals surface area (Å²) in [7, 11) is 0. The molecule has 0 aliphatic heterocycles. The van der Waals surface area contributed by atoms with Crippen molar-refractivity contribution in [2.75, 3.05) is 0 Å². The molecule has 0 aliphatic rings. The van der Waals surface area contributed by atoms with E-state index in [-0.39, 0.29) is 17.9 Å². The van der Waals surface area contributed by atoms with Gasteiger partial charge in [-0.05, 0) is 25.1 Å². The zero-order valence-electron chi connectivity index (χ0n) is 9.71. The Labute approximate surface area is 102 Å². The zero-order chi connectivity index (χ0) is 13.1. The van der Waals surface area contributed by atoms with Crippen LogP contribution in [0.2, 0.25) is 0 Å². The Balaban J connectivity index is 2.24. The van der Waals surface area contributed by atoms with Gasteiger partial charge in [0, 0.05) is 6.07 Å². The summed E-state index contributed by atoms with van der Waals surface area (Å²) in [5, 5.41) is 4.06. The number of hydrogen-bond acceptors (Lipinski definition) is 5. The Morgan fingerprint density at radius 3 is 2.94 bits per heavy atom. The molecule has 0 saturated heterocycles. The van der Waals surface area contributed by atoms with Gasteiger partial charge in [-0.3, -0.25) is 15.0 Å². The third-order valence-electron chi connectivity index (χ3n) is 2.32. The molecular formula is C11H12N4O3. The van der Waals surface area contributed by atoms with Crippen LogP contribution in [0.3, 0.4) is 0 Å². The molecule has 3 N–H and O–H groups in total. The minimum atomic E-state index is -0.522. The highest BCUT2D eigenvalue weighted by Crippen LogP contribution is 2.08. The third kappa shape index (κ3) is 2.46. The molecule has 0 spiro atoms. The molecule has 18 heavy (non-hydrogen) atoms. The van der Waals surface area contributed by atoms with Crippen molar-refractivity contribution in [3.05, 3.63) is 51.8 Å². The lowest BCUT2D eigenvalue weighted by atomic mass is 10.4. The molecule has 0 fully saturated rings. The van der Waals surface area contributed by atoms with Crippen LogP contribution in [0, 0.1) is 6.92 Å². The SMILES string of the molecule is Cc1ccc(=O)n(Cc2ccc(C(=O)NN)o2)n1. The number of carbonyl (C=O) groups excluding carboxylic acids is 1. The van der Waals surface area contributed by atoms with Crippen LogP contribution in [-0.4, -0.2) is 15.7 Å². The minimum Gasteiger partial charge on any atom is -0.454 e. The molecule has 0 unspecified atom stereocenters. The maximum Gasteiger partial charge on any atom is 0.300 e. The maximum atomic E-state index is 11.5. The highest BCUT2D eigenvalue weighted by atomic mass is 16.4. The molecule has 7 heteroatoms. The number of nitrogens with zero attached hydrogens (tertiary/aromatic N) is 2. The van der Waals surface area contributed by atoms with Crippen LogP contribution in [0.5, 0.6) is 0 Å². The topological polar surface area (TPSA) is 103 Å². The molecule has 0 saturated carbocycles. The highest BCUT2D eigenvalue weighted by Gasteiger charge is 2.10. The first kappa shape index (κ1) is 12.1. The van der Waals surface area contributed by atoms with Crippen LogP contribution < -0.4 is 16.8 Å². The van der Waals surface area contributed by atoms with Crippen molar-refractivity contribution in [1.82, 2.24) is 15.2 Å². The van der Waals surface area contributed by atoms with Crippen molar-refractivity contribution in [2.24, 2.45) is 5.84 Å². The molecule has 1 amide bonds. The summed E-state index contributed by atoms with van der Waals surface area (Å²) in [4.78, 5) is 22.7. The van der Waals surface area contributed by atoms with Gasteiger partial charge in [0.1, 0.15) is 12.3 Å². The first-order valence-corrected chi connectivity index (χ1v) is 5.24. The van der Waals surface area contributed by atoms with E-state index in [0.717, 1.165) is 5.69 Å². The average Bonchev–Trinajstić information content (AvgIpc) is 2.81. The predicted octanol–water partition coefficient (Wildman–Crippen LogP) is -0.203. The number of nitrogens with two attached hydrogens (primary N) is 1. The predicted molar refractivity (Wildman–Crippen MR) is 62.7 cm³/mol. The number of furan rings is 1. The number of hydrazine groups is 1. The molecule has 0 radical (unpaired) electrons. The molecule has 0 aliphatic carbocycles. The van der Waals surface area contributed by atoms with E-state index in [1.165, 1.54) is 16.8 Å². The van der Waals surface area contributed by atoms with Crippen LogP contribution >= 0.6 is 0 Å². The fourth-order valence-electron chi connectivity index (χ4n) is 1.47. The number of carbonyl (C=O) groups is 1. The molecule has 0 atom stereocenters. The Kier molecular flexibility index (Phi) is 3.24. The van der Waals surface area contributed by atoms with E-state index >= 15 is 0 Å². The molecule has 7 nitrogen and oxygen atoms in total. The van der Waals surface area contributed by atoms with Gasteiger partial charge in [-0.15, -0.1) is 0 Å². The second-order valence-corrected chi connectivity index (χ2v) is 3.71. The Hall–Kier alpha value is -2.41. The van der Waals surface area contributed by atoms with E-state index in [1.54, 1.807) is 19.1 Å². The Morgan fingerprint density at radius 1 is 1.44 bits per heavy atom. The van der Waals surface area contributed by atoms with Gasteiger partial charge in [0.2, 0.25) is 0 Å². The lowest BCUT2D eigenvalue weighted by Gasteiger charge is -2.02. The third-order valence-corrected chi connectivity index (χ3v) is 2.32. The summed E-state index contributed by atoms with van der Waals surface area (Å²) < 4.78 is 6.51. The molecule has 2 aromatic rings. The van der Waals surface area contributed by atoms with Crippen molar-refractivity contribution in [1.29, 1.82) is 0 Å². The molecule has 2 rings (SSSR count). The average molecular weight is 248 g/mol. The second kappa shape index (κ2) is 4.84. The summed E-state index contributed by atoms with van der Waals surface area (Å²) in [5.41, 5.74) is 2.45. The van der Waals surface area contributed by atoms with E-state index in [4.69, 9.17) is 10.3 Å². The molecule has 94 valence electrons. The van der Waals surface area contributed by atoms with E-state index in [0.29, 0.717) is 5.76 Å². The summed E-state index contributed by atoms with van der Waals surface area (Å²) >= 11 is 0. The van der Waals surface area contributed by atoms with Gasteiger partial charge in [-0.25, -0.2) is 10.5 Å². The lowest BCUT2D eigenvalue weighted by Crippen LogP contribution is -2.29. The Morgan fingerprint density at radius 2 is 2.22 bits per heavy atom. The Bertz CT molecular complexity index is 629. The van der Waals surface area contributed by atoms with Crippen LogP contribution in [-0.2, 0) is 6.54 Å². The monoisotopic (exact) mass is 248 g/mol. The summed E-state index contributed by atoms with van der Waals surface area (Å²) in [5.74, 6) is 5.00. The number of aromatic nitrogens is 2. The summed E-state index contributed by atoms with van der Waals surface area (Å²) in [6.07, 6.45) is 0. The summed E-state index contributed by atoms with van der Waals surface area (Å²) in [6, 6.07) is 6.15. The minimum absolute atomic E-state index is 0.0909. The van der Waals surface area contributed by atoms with Crippen molar-refractivity contribution < 1.29 is 9.21 Å². The lowest BCUT2D eigenvalue weighted by molar-refractivity contribution is 0.0924. The number of rotatable bonds is 3. The first-order chi connectivity index (χ1) is 8.60. The second-order valence-electron chi connectivity index (χ2n) is 3.71. The van der Waals surface area contributed by atoms with E-state index in [9.17, 15) is 9.59 Å². The molecule has 0 aromatic carbocycles. The van der Waals surface area contributed by atoms with Crippen LogP contribution in [0.25, 0.3) is 0 Å². The number of amides is 1. The zero-order valence-corrected chi connectivity index (χ0v) is 9.71. The molecule has 2 aromatic heterocycles. The number of hydrogen-bond donors (Lipinski definition) is 2. The number of aryl methyl sites for hydroxylation is 1. The first-order valence-electron chi connectivity index (χ1n) is 5.24. The molecule has 2 heterocycles. The fraction of sp³-hybridized carbons (Fsp3) is 0.182. The maximum absolute atomic E-state index is 11.5. The fourth-order valence-corrected chi connectivity index (χ4v) is 1.47. The van der Waals surface area contributed by atoms with Gasteiger partial charge in [0.25, 0.3) is 5.56 Å². The van der Waals surface area contributed by atoms with Crippen molar-refractivity contribution in [3.63, 3.8) is 0 Å². The van der Waals surface area contributed by atoms with Gasteiger partial charge in [0.15, 0.2) is 5.76 Å². The quantitative estimate of drug-likeness (QED) is 0.444. The van der Waals surface area contributed by atoms with Gasteiger partial charge in [0.05, 0.1) is 5.69 Å². The normalized spacial score (nSPS) is 10.3. The van der Waals surface area contributed by atoms with Crippen molar-refractivity contribution in [2.45, 2.75) is 13.5 Å². The van der Waals surface area contributed by atoms with Crippen LogP contribution in [0.15, 0.2) is 33.5 Å². The van der Waals surface area contributed by atoms with E-state index in [2.05, 4.69) is 5.10 Å². The molecule has 0 bridgehead atoms. The van der Waals surface area contributed by atoms with Gasteiger partial charge >= 0.3 is 5.91 Å². The van der Waals surface area contributed by atoms with E-state index < -0.39 is 5.91 Å². The van der Waals surface area contributed by atoms with Gasteiger partial charge < -0.3 is 4.42 Å². The van der Waals surface area contributed by atoms with Crippen molar-refractivity contribution >= 4 is 5.91 Å². The van der Waals surface area contributed by atoms with Crippen LogP contribution in [0.1, 0.15) is 22.0 Å².